The highest BCUT2D eigenvalue weighted by Crippen LogP contribution is 2.54. The normalized spacial score (nSPS) is 14.7. The molecular weight excluding hydrogens is 631 g/mol. The van der Waals surface area contributed by atoms with E-state index in [4.69, 9.17) is 4.42 Å². The van der Waals surface area contributed by atoms with Crippen molar-refractivity contribution in [1.82, 2.24) is 0 Å². The van der Waals surface area contributed by atoms with E-state index in [9.17, 15) is 0 Å². The Morgan fingerprint density at radius 1 is 0.385 bits per heavy atom. The van der Waals surface area contributed by atoms with Crippen LogP contribution in [0.25, 0.3) is 55.3 Å². The number of fused-ring (bicyclic) bond motifs is 6. The number of benzene rings is 8. The summed E-state index contributed by atoms with van der Waals surface area (Å²) in [6, 6.07) is 70.1. The molecule has 1 aromatic heterocycles. The summed E-state index contributed by atoms with van der Waals surface area (Å²) in [6.07, 6.45) is 0. The van der Waals surface area contributed by atoms with E-state index in [0.717, 1.165) is 44.6 Å². The van der Waals surface area contributed by atoms with E-state index in [2.05, 4.69) is 194 Å². The van der Waals surface area contributed by atoms with Gasteiger partial charge in [0.05, 0.1) is 0 Å². The Hall–Kier alpha value is -6.64. The van der Waals surface area contributed by atoms with Gasteiger partial charge in [-0.1, -0.05) is 140 Å². The van der Waals surface area contributed by atoms with Crippen LogP contribution in [0, 0.1) is 0 Å². The molecular formula is C50H35NO. The van der Waals surface area contributed by atoms with Gasteiger partial charge in [0.1, 0.15) is 11.2 Å². The minimum Gasteiger partial charge on any atom is -0.456 e. The first kappa shape index (κ1) is 30.2. The smallest absolute Gasteiger partial charge is 0.135 e. The van der Waals surface area contributed by atoms with E-state index in [-0.39, 0.29) is 5.41 Å². The van der Waals surface area contributed by atoms with Crippen molar-refractivity contribution in [2.75, 3.05) is 4.90 Å². The molecule has 0 fully saturated rings. The second kappa shape index (κ2) is 12.0. The summed E-state index contributed by atoms with van der Waals surface area (Å²) in [5, 5.41) is 2.28. The van der Waals surface area contributed by atoms with Gasteiger partial charge in [-0.05, 0) is 112 Å². The Balaban J connectivity index is 1.10. The third-order valence-corrected chi connectivity index (χ3v) is 11.0. The number of hydrogen-bond acceptors (Lipinski definition) is 2. The summed E-state index contributed by atoms with van der Waals surface area (Å²) in [4.78, 5) is 2.39. The van der Waals surface area contributed by atoms with E-state index in [1.165, 1.54) is 44.5 Å². The molecule has 0 saturated carbocycles. The summed E-state index contributed by atoms with van der Waals surface area (Å²) in [7, 11) is 0. The van der Waals surface area contributed by atoms with Crippen LogP contribution in [0.4, 0.5) is 17.1 Å². The van der Waals surface area contributed by atoms with Gasteiger partial charge in [0.2, 0.25) is 0 Å². The lowest BCUT2D eigenvalue weighted by Gasteiger charge is -2.31. The van der Waals surface area contributed by atoms with Gasteiger partial charge in [-0.2, -0.15) is 0 Å². The van der Waals surface area contributed by atoms with Crippen molar-refractivity contribution in [2.45, 2.75) is 12.3 Å². The van der Waals surface area contributed by atoms with Crippen molar-refractivity contribution in [3.8, 4) is 33.4 Å². The fraction of sp³-hybridized carbons (Fsp3) is 0.0400. The molecule has 8 aromatic carbocycles. The molecule has 10 rings (SSSR count). The van der Waals surface area contributed by atoms with E-state index in [1.807, 2.05) is 12.1 Å². The lowest BCUT2D eigenvalue weighted by atomic mass is 9.74. The van der Waals surface area contributed by atoms with Gasteiger partial charge in [-0.15, -0.1) is 0 Å². The highest BCUT2D eigenvalue weighted by molar-refractivity contribution is 6.06. The molecule has 0 aliphatic heterocycles. The first-order valence-corrected chi connectivity index (χ1v) is 17.9. The molecule has 0 radical (unpaired) electrons. The molecule has 1 aliphatic carbocycles. The molecule has 52 heavy (non-hydrogen) atoms. The maximum Gasteiger partial charge on any atom is 0.135 e. The van der Waals surface area contributed by atoms with Crippen LogP contribution in [0.5, 0.6) is 0 Å². The second-order valence-electron chi connectivity index (χ2n) is 13.9. The molecule has 0 N–H and O–H groups in total. The van der Waals surface area contributed by atoms with Gasteiger partial charge in [0, 0.05) is 33.2 Å². The quantitative estimate of drug-likeness (QED) is 0.176. The summed E-state index contributed by atoms with van der Waals surface area (Å²) in [5.74, 6) is 0. The molecule has 2 heteroatoms. The van der Waals surface area contributed by atoms with E-state index in [0.29, 0.717) is 0 Å². The highest BCUT2D eigenvalue weighted by atomic mass is 16.3. The van der Waals surface area contributed by atoms with E-state index in [1.54, 1.807) is 0 Å². The van der Waals surface area contributed by atoms with Crippen LogP contribution < -0.4 is 4.90 Å². The molecule has 1 aliphatic rings. The zero-order valence-electron chi connectivity index (χ0n) is 28.8. The standard InChI is InChI=1S/C50H35NO/c1-50(38-14-6-3-7-15-38)46-18-10-8-16-42(46)43-30-29-41(33-47(43)50)51(39-25-20-35(21-26-39)34-12-4-2-5-13-34)40-27-22-36(23-28-40)37-24-31-49-45(32-37)44-17-9-11-19-48(44)52-49/h2-33H,1H3. The lowest BCUT2D eigenvalue weighted by molar-refractivity contribution is 0.669. The van der Waals surface area contributed by atoms with Crippen LogP contribution in [-0.4, -0.2) is 0 Å². The monoisotopic (exact) mass is 665 g/mol. The molecule has 0 spiro atoms. The number of anilines is 3. The molecule has 0 amide bonds. The summed E-state index contributed by atoms with van der Waals surface area (Å²) in [6.45, 7) is 2.38. The van der Waals surface area contributed by atoms with Gasteiger partial charge < -0.3 is 9.32 Å². The Labute approximate surface area is 303 Å². The molecule has 0 bridgehead atoms. The van der Waals surface area contributed by atoms with Crippen molar-refractivity contribution in [3.63, 3.8) is 0 Å². The first-order valence-electron chi connectivity index (χ1n) is 17.9. The molecule has 0 saturated heterocycles. The Morgan fingerprint density at radius 3 is 1.67 bits per heavy atom. The second-order valence-corrected chi connectivity index (χ2v) is 13.9. The summed E-state index contributed by atoms with van der Waals surface area (Å²) >= 11 is 0. The van der Waals surface area contributed by atoms with Gasteiger partial charge in [0.15, 0.2) is 0 Å². The number of rotatable bonds is 6. The largest absolute Gasteiger partial charge is 0.456 e. The van der Waals surface area contributed by atoms with Crippen molar-refractivity contribution in [2.24, 2.45) is 0 Å². The van der Waals surface area contributed by atoms with Crippen LogP contribution >= 0.6 is 0 Å². The lowest BCUT2D eigenvalue weighted by Crippen LogP contribution is -2.22. The third kappa shape index (κ3) is 4.80. The number of nitrogens with zero attached hydrogens (tertiary/aromatic N) is 1. The minimum absolute atomic E-state index is 0.286. The molecule has 1 atom stereocenters. The van der Waals surface area contributed by atoms with Crippen molar-refractivity contribution >= 4 is 39.0 Å². The van der Waals surface area contributed by atoms with Gasteiger partial charge >= 0.3 is 0 Å². The Bertz CT molecular complexity index is 2730. The topological polar surface area (TPSA) is 16.4 Å². The number of para-hydroxylation sites is 1. The van der Waals surface area contributed by atoms with Gasteiger partial charge in [-0.3, -0.25) is 0 Å². The summed E-state index contributed by atoms with van der Waals surface area (Å²) in [5.41, 5.74) is 16.2. The molecule has 2 nitrogen and oxygen atoms in total. The van der Waals surface area contributed by atoms with Crippen LogP contribution in [0.1, 0.15) is 23.6 Å². The van der Waals surface area contributed by atoms with Crippen LogP contribution in [0.15, 0.2) is 199 Å². The third-order valence-electron chi connectivity index (χ3n) is 11.0. The average molecular weight is 666 g/mol. The summed E-state index contributed by atoms with van der Waals surface area (Å²) < 4.78 is 6.12. The minimum atomic E-state index is -0.286. The Morgan fingerprint density at radius 2 is 0.923 bits per heavy atom. The number of furan rings is 1. The first-order chi connectivity index (χ1) is 25.6. The zero-order valence-corrected chi connectivity index (χ0v) is 28.8. The SMILES string of the molecule is CC1(c2ccccc2)c2ccccc2-c2ccc(N(c3ccc(-c4ccccc4)cc3)c3ccc(-c4ccc5oc6ccccc6c5c4)cc3)cc21. The van der Waals surface area contributed by atoms with Crippen LogP contribution in [0.2, 0.25) is 0 Å². The maximum absolute atomic E-state index is 6.12. The van der Waals surface area contributed by atoms with Crippen molar-refractivity contribution in [1.29, 1.82) is 0 Å². The highest BCUT2D eigenvalue weighted by Gasteiger charge is 2.41. The predicted octanol–water partition coefficient (Wildman–Crippen LogP) is 13.7. The molecule has 246 valence electrons. The molecule has 1 unspecified atom stereocenters. The van der Waals surface area contributed by atoms with Crippen LogP contribution in [-0.2, 0) is 5.41 Å². The Kier molecular flexibility index (Phi) is 6.97. The van der Waals surface area contributed by atoms with E-state index < -0.39 is 0 Å². The maximum atomic E-state index is 6.12. The number of hydrogen-bond donors (Lipinski definition) is 0. The van der Waals surface area contributed by atoms with E-state index >= 15 is 0 Å². The zero-order chi connectivity index (χ0) is 34.6. The fourth-order valence-electron chi connectivity index (χ4n) is 8.29. The van der Waals surface area contributed by atoms with Crippen molar-refractivity contribution in [3.05, 3.63) is 211 Å². The van der Waals surface area contributed by atoms with Gasteiger partial charge in [-0.25, -0.2) is 0 Å². The fourth-order valence-corrected chi connectivity index (χ4v) is 8.29. The van der Waals surface area contributed by atoms with Gasteiger partial charge in [0.25, 0.3) is 0 Å². The molecule has 9 aromatic rings. The van der Waals surface area contributed by atoms with Crippen LogP contribution in [0.3, 0.4) is 0 Å². The molecule has 1 heterocycles. The van der Waals surface area contributed by atoms with Crippen molar-refractivity contribution < 1.29 is 4.42 Å². The predicted molar refractivity (Wildman–Crippen MR) is 217 cm³/mol. The average Bonchev–Trinajstić information content (AvgIpc) is 3.72.